The highest BCUT2D eigenvalue weighted by Crippen LogP contribution is 2.31. The van der Waals surface area contributed by atoms with Crippen molar-refractivity contribution in [2.45, 2.75) is 40.7 Å². The summed E-state index contributed by atoms with van der Waals surface area (Å²) in [5.41, 5.74) is 1.79. The van der Waals surface area contributed by atoms with Crippen LogP contribution in [0.4, 0.5) is 5.13 Å². The van der Waals surface area contributed by atoms with Gasteiger partial charge in [0.1, 0.15) is 11.8 Å². The van der Waals surface area contributed by atoms with Crippen molar-refractivity contribution < 1.29 is 14.3 Å². The first-order chi connectivity index (χ1) is 12.3. The Labute approximate surface area is 158 Å². The van der Waals surface area contributed by atoms with E-state index in [0.717, 1.165) is 21.9 Å². The number of carbonyl (C=O) groups excluding carboxylic acids is 2. The maximum absolute atomic E-state index is 12.5. The van der Waals surface area contributed by atoms with Crippen LogP contribution in [0.2, 0.25) is 0 Å². The van der Waals surface area contributed by atoms with Crippen LogP contribution in [-0.2, 0) is 9.59 Å². The summed E-state index contributed by atoms with van der Waals surface area (Å²) in [6, 6.07) is 7.12. The maximum atomic E-state index is 12.5. The second kappa shape index (κ2) is 8.80. The van der Waals surface area contributed by atoms with E-state index in [2.05, 4.69) is 15.6 Å². The van der Waals surface area contributed by atoms with Crippen LogP contribution in [0.5, 0.6) is 5.75 Å². The third-order valence-corrected chi connectivity index (χ3v) is 4.66. The Kier molecular flexibility index (Phi) is 6.74. The summed E-state index contributed by atoms with van der Waals surface area (Å²) in [7, 11) is 0. The third-order valence-electron chi connectivity index (χ3n) is 3.77. The van der Waals surface area contributed by atoms with Gasteiger partial charge in [-0.1, -0.05) is 13.8 Å². The van der Waals surface area contributed by atoms with E-state index in [-0.39, 0.29) is 17.7 Å². The van der Waals surface area contributed by atoms with Gasteiger partial charge in [-0.2, -0.15) is 0 Å². The van der Waals surface area contributed by atoms with Crippen LogP contribution in [0, 0.1) is 12.8 Å². The number of aromatic nitrogens is 1. The van der Waals surface area contributed by atoms with Crippen LogP contribution >= 0.6 is 11.3 Å². The Morgan fingerprint density at radius 2 is 1.88 bits per heavy atom. The predicted molar refractivity (Wildman–Crippen MR) is 105 cm³/mol. The number of amides is 2. The van der Waals surface area contributed by atoms with E-state index in [9.17, 15) is 9.59 Å². The first kappa shape index (κ1) is 19.9. The molecule has 0 radical (unpaired) electrons. The topological polar surface area (TPSA) is 80.3 Å². The third kappa shape index (κ3) is 5.05. The number of anilines is 1. The molecule has 2 amide bonds. The van der Waals surface area contributed by atoms with Gasteiger partial charge in [0.25, 0.3) is 0 Å². The van der Waals surface area contributed by atoms with Gasteiger partial charge in [0.05, 0.1) is 12.3 Å². The minimum atomic E-state index is -0.592. The second-order valence-corrected chi connectivity index (χ2v) is 7.50. The number of nitrogens with one attached hydrogen (secondary N) is 2. The van der Waals surface area contributed by atoms with E-state index in [1.165, 1.54) is 18.3 Å². The number of rotatable bonds is 7. The number of thiazole rings is 1. The molecule has 0 bridgehead atoms. The van der Waals surface area contributed by atoms with Crippen molar-refractivity contribution in [3.05, 3.63) is 29.1 Å². The van der Waals surface area contributed by atoms with E-state index >= 15 is 0 Å². The van der Waals surface area contributed by atoms with Crippen LogP contribution in [0.1, 0.15) is 32.6 Å². The SMILES string of the molecule is CCOc1ccc(-c2nc(NC(=O)C(NC(C)=O)C(C)C)sc2C)cc1. The number of ether oxygens (including phenoxy) is 1. The fraction of sp³-hybridized carbons (Fsp3) is 0.421. The van der Waals surface area contributed by atoms with Crippen LogP contribution < -0.4 is 15.4 Å². The van der Waals surface area contributed by atoms with E-state index in [1.807, 2.05) is 52.0 Å². The largest absolute Gasteiger partial charge is 0.494 e. The summed E-state index contributed by atoms with van der Waals surface area (Å²) < 4.78 is 5.46. The van der Waals surface area contributed by atoms with Crippen molar-refractivity contribution in [2.75, 3.05) is 11.9 Å². The summed E-state index contributed by atoms with van der Waals surface area (Å²) >= 11 is 1.41. The molecule has 0 saturated carbocycles. The molecule has 1 atom stereocenters. The van der Waals surface area contributed by atoms with Gasteiger partial charge >= 0.3 is 0 Å². The molecular formula is C19H25N3O3S. The normalized spacial score (nSPS) is 11.9. The minimum Gasteiger partial charge on any atom is -0.494 e. The molecular weight excluding hydrogens is 350 g/mol. The minimum absolute atomic E-state index is 0.0226. The molecule has 2 rings (SSSR count). The molecule has 7 heteroatoms. The molecule has 1 unspecified atom stereocenters. The smallest absolute Gasteiger partial charge is 0.248 e. The highest BCUT2D eigenvalue weighted by atomic mass is 32.1. The average Bonchev–Trinajstić information content (AvgIpc) is 2.93. The molecule has 1 heterocycles. The molecule has 0 fully saturated rings. The number of hydrogen-bond donors (Lipinski definition) is 2. The maximum Gasteiger partial charge on any atom is 0.248 e. The van der Waals surface area contributed by atoms with Gasteiger partial charge in [0, 0.05) is 17.4 Å². The van der Waals surface area contributed by atoms with Crippen LogP contribution in [0.25, 0.3) is 11.3 Å². The molecule has 0 spiro atoms. The van der Waals surface area contributed by atoms with Gasteiger partial charge in [-0.15, -0.1) is 11.3 Å². The van der Waals surface area contributed by atoms with Crippen LogP contribution in [0.15, 0.2) is 24.3 Å². The lowest BCUT2D eigenvalue weighted by Crippen LogP contribution is -2.46. The van der Waals surface area contributed by atoms with Gasteiger partial charge in [-0.05, 0) is 44.0 Å². The predicted octanol–water partition coefficient (Wildman–Crippen LogP) is 3.62. The Balaban J connectivity index is 2.16. The Morgan fingerprint density at radius 3 is 2.42 bits per heavy atom. The molecule has 2 aromatic rings. The molecule has 0 aliphatic heterocycles. The zero-order chi connectivity index (χ0) is 19.3. The standard InChI is InChI=1S/C19H25N3O3S/c1-6-25-15-9-7-14(8-10-15)17-12(4)26-19(21-17)22-18(24)16(11(2)3)20-13(5)23/h7-11,16H,6H2,1-5H3,(H,20,23)(H,21,22,24). The Bertz CT molecular complexity index is 769. The fourth-order valence-electron chi connectivity index (χ4n) is 2.53. The summed E-state index contributed by atoms with van der Waals surface area (Å²) in [6.45, 7) is 9.71. The van der Waals surface area contributed by atoms with Gasteiger partial charge < -0.3 is 15.4 Å². The number of carbonyl (C=O) groups is 2. The number of nitrogens with zero attached hydrogens (tertiary/aromatic N) is 1. The van der Waals surface area contributed by atoms with E-state index < -0.39 is 6.04 Å². The summed E-state index contributed by atoms with van der Waals surface area (Å²) in [5, 5.41) is 6.02. The van der Waals surface area contributed by atoms with E-state index in [0.29, 0.717) is 11.7 Å². The molecule has 1 aromatic heterocycles. The van der Waals surface area contributed by atoms with Crippen molar-refractivity contribution in [1.29, 1.82) is 0 Å². The first-order valence-corrected chi connectivity index (χ1v) is 9.42. The lowest BCUT2D eigenvalue weighted by Gasteiger charge is -2.20. The summed E-state index contributed by atoms with van der Waals surface area (Å²) in [4.78, 5) is 29.4. The van der Waals surface area contributed by atoms with Gasteiger partial charge in [0.15, 0.2) is 5.13 Å². The lowest BCUT2D eigenvalue weighted by molar-refractivity contribution is -0.126. The van der Waals surface area contributed by atoms with Crippen molar-refractivity contribution >= 4 is 28.3 Å². The molecule has 2 N–H and O–H groups in total. The van der Waals surface area contributed by atoms with Gasteiger partial charge in [0.2, 0.25) is 11.8 Å². The van der Waals surface area contributed by atoms with Crippen LogP contribution in [-0.4, -0.2) is 29.4 Å². The van der Waals surface area contributed by atoms with E-state index in [1.54, 1.807) is 0 Å². The highest BCUT2D eigenvalue weighted by molar-refractivity contribution is 7.16. The first-order valence-electron chi connectivity index (χ1n) is 8.60. The molecule has 0 saturated heterocycles. The highest BCUT2D eigenvalue weighted by Gasteiger charge is 2.24. The molecule has 140 valence electrons. The molecule has 26 heavy (non-hydrogen) atoms. The summed E-state index contributed by atoms with van der Waals surface area (Å²) in [5.74, 6) is 0.296. The number of benzene rings is 1. The molecule has 0 aliphatic carbocycles. The molecule has 6 nitrogen and oxygen atoms in total. The Hall–Kier alpha value is -2.41. The lowest BCUT2D eigenvalue weighted by atomic mass is 10.0. The van der Waals surface area contributed by atoms with Crippen molar-refractivity contribution in [1.82, 2.24) is 10.3 Å². The summed E-state index contributed by atoms with van der Waals surface area (Å²) in [6.07, 6.45) is 0. The zero-order valence-corrected chi connectivity index (χ0v) is 16.6. The quantitative estimate of drug-likeness (QED) is 0.775. The monoisotopic (exact) mass is 375 g/mol. The average molecular weight is 375 g/mol. The number of aryl methyl sites for hydroxylation is 1. The fourth-order valence-corrected chi connectivity index (χ4v) is 3.37. The van der Waals surface area contributed by atoms with Crippen molar-refractivity contribution in [2.24, 2.45) is 5.92 Å². The van der Waals surface area contributed by atoms with Gasteiger partial charge in [-0.3, -0.25) is 9.59 Å². The second-order valence-electron chi connectivity index (χ2n) is 6.29. The number of hydrogen-bond acceptors (Lipinski definition) is 5. The van der Waals surface area contributed by atoms with Crippen molar-refractivity contribution in [3.63, 3.8) is 0 Å². The zero-order valence-electron chi connectivity index (χ0n) is 15.8. The molecule has 1 aromatic carbocycles. The van der Waals surface area contributed by atoms with Crippen molar-refractivity contribution in [3.8, 4) is 17.0 Å². The molecule has 0 aliphatic rings. The van der Waals surface area contributed by atoms with E-state index in [4.69, 9.17) is 4.74 Å². The Morgan fingerprint density at radius 1 is 1.23 bits per heavy atom. The van der Waals surface area contributed by atoms with Crippen LogP contribution in [0.3, 0.4) is 0 Å². The van der Waals surface area contributed by atoms with Gasteiger partial charge in [-0.25, -0.2) is 4.98 Å².